The van der Waals surface area contributed by atoms with E-state index in [9.17, 15) is 4.79 Å². The van der Waals surface area contributed by atoms with Crippen molar-refractivity contribution in [1.82, 2.24) is 19.4 Å². The van der Waals surface area contributed by atoms with Gasteiger partial charge in [-0.05, 0) is 42.5 Å². The summed E-state index contributed by atoms with van der Waals surface area (Å²) >= 11 is 6.24. The molecule has 1 amide bonds. The predicted molar refractivity (Wildman–Crippen MR) is 118 cm³/mol. The van der Waals surface area contributed by atoms with Crippen molar-refractivity contribution in [2.45, 2.75) is 18.8 Å². The average molecular weight is 417 g/mol. The molecule has 0 atom stereocenters. The second-order valence-corrected chi connectivity index (χ2v) is 8.04. The number of fused-ring (bicyclic) bond motifs is 1. The summed E-state index contributed by atoms with van der Waals surface area (Å²) in [6.45, 7) is 1.50. The van der Waals surface area contributed by atoms with E-state index in [-0.39, 0.29) is 5.91 Å². The molecule has 0 radical (unpaired) electrons. The molecule has 2 aromatic carbocycles. The molecule has 30 heavy (non-hydrogen) atoms. The topological polar surface area (TPSA) is 51.0 Å². The molecular formula is C24H21ClN4O. The maximum atomic E-state index is 13.4. The van der Waals surface area contributed by atoms with Crippen LogP contribution in [0.3, 0.4) is 0 Å². The standard InChI is InChI=1S/C24H21ClN4O/c25-19-7-8-20-21(16-29(22(20)15-19)24-26-11-4-12-27-24)23(30)28-13-9-18(10-14-28)17-5-2-1-3-6-17/h1-8,11-12,15-16,18H,9-10,13-14H2. The fraction of sp³-hybridized carbons (Fsp3) is 0.208. The van der Waals surface area contributed by atoms with E-state index in [2.05, 4.69) is 34.2 Å². The van der Waals surface area contributed by atoms with Gasteiger partial charge >= 0.3 is 0 Å². The Hall–Kier alpha value is -3.18. The van der Waals surface area contributed by atoms with Crippen LogP contribution < -0.4 is 0 Å². The third-order valence-corrected chi connectivity index (χ3v) is 6.05. The summed E-state index contributed by atoms with van der Waals surface area (Å²) in [5.41, 5.74) is 2.85. The van der Waals surface area contributed by atoms with Crippen molar-refractivity contribution in [2.24, 2.45) is 0 Å². The molecule has 1 fully saturated rings. The Labute approximate surface area is 179 Å². The lowest BCUT2D eigenvalue weighted by molar-refractivity contribution is 0.0715. The largest absolute Gasteiger partial charge is 0.339 e. The molecule has 2 aromatic heterocycles. The summed E-state index contributed by atoms with van der Waals surface area (Å²) in [4.78, 5) is 24.1. The van der Waals surface area contributed by atoms with Crippen LogP contribution >= 0.6 is 11.6 Å². The van der Waals surface area contributed by atoms with Crippen molar-refractivity contribution in [3.05, 3.63) is 89.3 Å². The van der Waals surface area contributed by atoms with E-state index in [1.54, 1.807) is 18.5 Å². The summed E-state index contributed by atoms with van der Waals surface area (Å²) in [5.74, 6) is 1.07. The Morgan fingerprint density at radius 2 is 1.70 bits per heavy atom. The number of hydrogen-bond acceptors (Lipinski definition) is 3. The van der Waals surface area contributed by atoms with E-state index in [0.29, 0.717) is 22.5 Å². The molecule has 0 saturated carbocycles. The quantitative estimate of drug-likeness (QED) is 0.467. The molecule has 6 heteroatoms. The summed E-state index contributed by atoms with van der Waals surface area (Å²) in [6, 6.07) is 17.9. The zero-order chi connectivity index (χ0) is 20.5. The first kappa shape index (κ1) is 18.8. The van der Waals surface area contributed by atoms with Gasteiger partial charge in [-0.2, -0.15) is 0 Å². The van der Waals surface area contributed by atoms with Crippen LogP contribution in [-0.4, -0.2) is 38.4 Å². The number of rotatable bonds is 3. The SMILES string of the molecule is O=C(c1cn(-c2ncccn2)c2cc(Cl)ccc12)N1CCC(c2ccccc2)CC1. The fourth-order valence-electron chi connectivity index (χ4n) is 4.26. The minimum absolute atomic E-state index is 0.0449. The molecule has 3 heterocycles. The van der Waals surface area contributed by atoms with Crippen molar-refractivity contribution in [2.75, 3.05) is 13.1 Å². The summed E-state index contributed by atoms with van der Waals surface area (Å²) in [6.07, 6.45) is 7.16. The number of aromatic nitrogens is 3. The number of halogens is 1. The fourth-order valence-corrected chi connectivity index (χ4v) is 4.43. The lowest BCUT2D eigenvalue weighted by Crippen LogP contribution is -2.37. The Bertz CT molecular complexity index is 1180. The van der Waals surface area contributed by atoms with Crippen molar-refractivity contribution in [3.8, 4) is 5.95 Å². The van der Waals surface area contributed by atoms with Gasteiger partial charge in [0.1, 0.15) is 0 Å². The summed E-state index contributed by atoms with van der Waals surface area (Å²) in [7, 11) is 0. The van der Waals surface area contributed by atoms with E-state index < -0.39 is 0 Å². The van der Waals surface area contributed by atoms with E-state index in [0.717, 1.165) is 36.8 Å². The number of benzene rings is 2. The molecule has 0 N–H and O–H groups in total. The minimum Gasteiger partial charge on any atom is -0.339 e. The molecule has 0 bridgehead atoms. The molecule has 0 aliphatic carbocycles. The van der Waals surface area contributed by atoms with E-state index in [1.165, 1.54) is 5.56 Å². The summed E-state index contributed by atoms with van der Waals surface area (Å²) in [5, 5.41) is 1.47. The number of carbonyl (C=O) groups excluding carboxylic acids is 1. The van der Waals surface area contributed by atoms with Gasteiger partial charge in [-0.25, -0.2) is 9.97 Å². The number of hydrogen-bond donors (Lipinski definition) is 0. The highest BCUT2D eigenvalue weighted by molar-refractivity contribution is 6.31. The maximum Gasteiger partial charge on any atom is 0.256 e. The molecular weight excluding hydrogens is 396 g/mol. The van der Waals surface area contributed by atoms with Gasteiger partial charge in [0.15, 0.2) is 0 Å². The lowest BCUT2D eigenvalue weighted by atomic mass is 9.89. The van der Waals surface area contributed by atoms with Crippen molar-refractivity contribution in [1.29, 1.82) is 0 Å². The van der Waals surface area contributed by atoms with Crippen LogP contribution in [0.15, 0.2) is 73.2 Å². The van der Waals surface area contributed by atoms with Crippen LogP contribution in [0.2, 0.25) is 5.02 Å². The predicted octanol–water partition coefficient (Wildman–Crippen LogP) is 5.09. The van der Waals surface area contributed by atoms with Gasteiger partial charge in [-0.1, -0.05) is 48.0 Å². The number of amides is 1. The second-order valence-electron chi connectivity index (χ2n) is 7.60. The zero-order valence-corrected chi connectivity index (χ0v) is 17.2. The lowest BCUT2D eigenvalue weighted by Gasteiger charge is -2.32. The molecule has 5 rings (SSSR count). The highest BCUT2D eigenvalue weighted by Crippen LogP contribution is 2.31. The molecule has 1 saturated heterocycles. The number of nitrogens with zero attached hydrogens (tertiary/aromatic N) is 4. The second kappa shape index (κ2) is 7.92. The van der Waals surface area contributed by atoms with Gasteiger partial charge in [0.2, 0.25) is 5.95 Å². The molecule has 1 aliphatic heterocycles. The van der Waals surface area contributed by atoms with Gasteiger partial charge in [-0.15, -0.1) is 0 Å². The Balaban J connectivity index is 1.44. The van der Waals surface area contributed by atoms with Crippen LogP contribution in [0, 0.1) is 0 Å². The monoisotopic (exact) mass is 416 g/mol. The molecule has 0 unspecified atom stereocenters. The van der Waals surface area contributed by atoms with Gasteiger partial charge < -0.3 is 4.90 Å². The Kier molecular flexibility index (Phi) is 4.97. The van der Waals surface area contributed by atoms with E-state index in [4.69, 9.17) is 11.6 Å². The molecule has 0 spiro atoms. The third kappa shape index (κ3) is 3.46. The zero-order valence-electron chi connectivity index (χ0n) is 16.4. The van der Waals surface area contributed by atoms with Crippen LogP contribution in [0.1, 0.15) is 34.7 Å². The highest BCUT2D eigenvalue weighted by Gasteiger charge is 2.27. The number of piperidine rings is 1. The average Bonchev–Trinajstić information content (AvgIpc) is 3.18. The van der Waals surface area contributed by atoms with E-state index in [1.807, 2.05) is 39.9 Å². The van der Waals surface area contributed by atoms with Crippen LogP contribution in [0.25, 0.3) is 16.9 Å². The molecule has 4 aromatic rings. The summed E-state index contributed by atoms with van der Waals surface area (Å²) < 4.78 is 1.84. The highest BCUT2D eigenvalue weighted by atomic mass is 35.5. The van der Waals surface area contributed by atoms with Crippen molar-refractivity contribution >= 4 is 28.4 Å². The maximum absolute atomic E-state index is 13.4. The first-order valence-corrected chi connectivity index (χ1v) is 10.5. The number of likely N-dealkylation sites (tertiary alicyclic amines) is 1. The van der Waals surface area contributed by atoms with Gasteiger partial charge in [0.25, 0.3) is 5.91 Å². The smallest absolute Gasteiger partial charge is 0.256 e. The van der Waals surface area contributed by atoms with Crippen LogP contribution in [0.4, 0.5) is 0 Å². The minimum atomic E-state index is 0.0449. The van der Waals surface area contributed by atoms with Crippen molar-refractivity contribution in [3.63, 3.8) is 0 Å². The first-order chi connectivity index (χ1) is 14.7. The molecule has 5 nitrogen and oxygen atoms in total. The Morgan fingerprint density at radius 1 is 0.967 bits per heavy atom. The Morgan fingerprint density at radius 3 is 2.43 bits per heavy atom. The van der Waals surface area contributed by atoms with Crippen LogP contribution in [0.5, 0.6) is 0 Å². The van der Waals surface area contributed by atoms with E-state index >= 15 is 0 Å². The number of carbonyl (C=O) groups is 1. The van der Waals surface area contributed by atoms with Crippen LogP contribution in [-0.2, 0) is 0 Å². The molecule has 150 valence electrons. The normalized spacial score (nSPS) is 14.9. The van der Waals surface area contributed by atoms with Crippen molar-refractivity contribution < 1.29 is 4.79 Å². The first-order valence-electron chi connectivity index (χ1n) is 10.1. The molecule has 1 aliphatic rings. The van der Waals surface area contributed by atoms with Gasteiger partial charge in [-0.3, -0.25) is 9.36 Å². The van der Waals surface area contributed by atoms with Gasteiger partial charge in [0.05, 0.1) is 11.1 Å². The third-order valence-electron chi connectivity index (χ3n) is 5.82. The van der Waals surface area contributed by atoms with Gasteiger partial charge in [0, 0.05) is 42.1 Å².